The van der Waals surface area contributed by atoms with Crippen molar-refractivity contribution in [1.82, 2.24) is 0 Å². The smallest absolute Gasteiger partial charge is 0.186 e. The predicted molar refractivity (Wildman–Crippen MR) is 59.2 cm³/mol. The summed E-state index contributed by atoms with van der Waals surface area (Å²) in [5.74, 6) is 0. The van der Waals surface area contributed by atoms with Gasteiger partial charge in [0.05, 0.1) is 6.61 Å². The van der Waals surface area contributed by atoms with E-state index in [-0.39, 0.29) is 0 Å². The van der Waals surface area contributed by atoms with Crippen LogP contribution < -0.4 is 0 Å². The molecule has 1 aliphatic rings. The average Bonchev–Trinajstić information content (AvgIpc) is 2.34. The normalized spacial score (nSPS) is 38.3. The molecule has 1 saturated heterocycles. The second-order valence-corrected chi connectivity index (χ2v) is 4.28. The molecule has 1 rings (SSSR count). The van der Waals surface area contributed by atoms with Crippen molar-refractivity contribution < 1.29 is 29.9 Å². The third kappa shape index (κ3) is 3.87. The van der Waals surface area contributed by atoms with Gasteiger partial charge in [-0.25, -0.2) is 0 Å². The van der Waals surface area contributed by atoms with E-state index in [1.165, 1.54) is 0 Å². The number of hydrogen-bond acceptors (Lipinski definition) is 6. The molecule has 5 atom stereocenters. The van der Waals surface area contributed by atoms with Crippen LogP contribution in [0.15, 0.2) is 0 Å². The fourth-order valence-electron chi connectivity index (χ4n) is 1.76. The number of aliphatic hydroxyl groups is 4. The van der Waals surface area contributed by atoms with Gasteiger partial charge in [0, 0.05) is 6.61 Å². The molecule has 0 radical (unpaired) electrons. The summed E-state index contributed by atoms with van der Waals surface area (Å²) in [6, 6.07) is 0. The fourth-order valence-corrected chi connectivity index (χ4v) is 1.76. The zero-order valence-corrected chi connectivity index (χ0v) is 10.0. The number of unbranched alkanes of at least 4 members (excludes halogenated alkanes) is 2. The molecule has 1 aliphatic heterocycles. The molecule has 0 bridgehead atoms. The molecule has 1 heterocycles. The minimum absolute atomic E-state index is 0.413. The number of aliphatic hydroxyl groups excluding tert-OH is 4. The summed E-state index contributed by atoms with van der Waals surface area (Å²) in [6.07, 6.45) is -2.98. The van der Waals surface area contributed by atoms with E-state index >= 15 is 0 Å². The standard InChI is InChI=1S/C11H22O6/c1-2-3-4-5-16-11-10(15)9(14)8(13)7(6-12)17-11/h7-15H,2-6H2,1H3/t7-,8-,9+,10-,11-/m0/s1. The summed E-state index contributed by atoms with van der Waals surface area (Å²) in [7, 11) is 0. The van der Waals surface area contributed by atoms with E-state index in [0.29, 0.717) is 6.61 Å². The Morgan fingerprint density at radius 2 is 1.76 bits per heavy atom. The first kappa shape index (κ1) is 14.8. The van der Waals surface area contributed by atoms with E-state index in [9.17, 15) is 15.3 Å². The molecule has 17 heavy (non-hydrogen) atoms. The second-order valence-electron chi connectivity index (χ2n) is 4.28. The van der Waals surface area contributed by atoms with Crippen LogP contribution in [0.4, 0.5) is 0 Å². The van der Waals surface area contributed by atoms with E-state index in [1.807, 2.05) is 0 Å². The Labute approximate surface area is 101 Å². The summed E-state index contributed by atoms with van der Waals surface area (Å²) in [5.41, 5.74) is 0. The monoisotopic (exact) mass is 250 g/mol. The van der Waals surface area contributed by atoms with Crippen LogP contribution in [0.3, 0.4) is 0 Å². The number of ether oxygens (including phenoxy) is 2. The maximum atomic E-state index is 9.64. The third-order valence-corrected chi connectivity index (χ3v) is 2.88. The van der Waals surface area contributed by atoms with Crippen LogP contribution in [0.25, 0.3) is 0 Å². The summed E-state index contributed by atoms with van der Waals surface area (Å²) in [6.45, 7) is 2.05. The van der Waals surface area contributed by atoms with E-state index < -0.39 is 37.3 Å². The highest BCUT2D eigenvalue weighted by molar-refractivity contribution is 4.88. The van der Waals surface area contributed by atoms with Gasteiger partial charge in [0.1, 0.15) is 24.4 Å². The van der Waals surface area contributed by atoms with Gasteiger partial charge in [-0.2, -0.15) is 0 Å². The molecule has 0 aromatic rings. The van der Waals surface area contributed by atoms with Gasteiger partial charge in [0.2, 0.25) is 0 Å². The Balaban J connectivity index is 2.42. The molecule has 0 saturated carbocycles. The van der Waals surface area contributed by atoms with Crippen LogP contribution >= 0.6 is 0 Å². The van der Waals surface area contributed by atoms with Crippen molar-refractivity contribution >= 4 is 0 Å². The fraction of sp³-hybridized carbons (Fsp3) is 1.00. The van der Waals surface area contributed by atoms with Gasteiger partial charge >= 0.3 is 0 Å². The predicted octanol–water partition coefficient (Wildman–Crippen LogP) is -1.01. The largest absolute Gasteiger partial charge is 0.394 e. The van der Waals surface area contributed by atoms with E-state index in [0.717, 1.165) is 19.3 Å². The van der Waals surface area contributed by atoms with Crippen molar-refractivity contribution in [3.63, 3.8) is 0 Å². The Morgan fingerprint density at radius 1 is 1.06 bits per heavy atom. The number of rotatable bonds is 6. The van der Waals surface area contributed by atoms with Crippen LogP contribution in [-0.2, 0) is 9.47 Å². The first-order chi connectivity index (χ1) is 8.11. The summed E-state index contributed by atoms with van der Waals surface area (Å²) >= 11 is 0. The van der Waals surface area contributed by atoms with Crippen molar-refractivity contribution in [3.05, 3.63) is 0 Å². The maximum absolute atomic E-state index is 9.64. The van der Waals surface area contributed by atoms with Crippen molar-refractivity contribution in [3.8, 4) is 0 Å². The Hall–Kier alpha value is -0.240. The van der Waals surface area contributed by atoms with Crippen molar-refractivity contribution in [2.24, 2.45) is 0 Å². The first-order valence-electron chi connectivity index (χ1n) is 6.04. The maximum Gasteiger partial charge on any atom is 0.186 e. The quantitative estimate of drug-likeness (QED) is 0.451. The molecule has 0 aromatic carbocycles. The van der Waals surface area contributed by atoms with Crippen LogP contribution in [0.2, 0.25) is 0 Å². The van der Waals surface area contributed by atoms with Crippen molar-refractivity contribution in [2.45, 2.75) is 56.9 Å². The SMILES string of the molecule is CCCCCO[C@H]1O[C@@H](CO)[C@H](O)[C@@H](O)[C@@H]1O. The lowest BCUT2D eigenvalue weighted by molar-refractivity contribution is -0.301. The summed E-state index contributed by atoms with van der Waals surface area (Å²) in [4.78, 5) is 0. The van der Waals surface area contributed by atoms with Crippen molar-refractivity contribution in [2.75, 3.05) is 13.2 Å². The van der Waals surface area contributed by atoms with Gasteiger partial charge in [-0.3, -0.25) is 0 Å². The zero-order valence-electron chi connectivity index (χ0n) is 10.0. The Kier molecular flexibility index (Phi) is 6.32. The van der Waals surface area contributed by atoms with Gasteiger partial charge in [-0.05, 0) is 6.42 Å². The molecule has 0 aromatic heterocycles. The van der Waals surface area contributed by atoms with Crippen LogP contribution in [0.1, 0.15) is 26.2 Å². The van der Waals surface area contributed by atoms with Crippen LogP contribution in [0, 0.1) is 0 Å². The highest BCUT2D eigenvalue weighted by atomic mass is 16.7. The molecular weight excluding hydrogens is 228 g/mol. The number of hydrogen-bond donors (Lipinski definition) is 4. The topological polar surface area (TPSA) is 99.4 Å². The lowest BCUT2D eigenvalue weighted by Crippen LogP contribution is -2.59. The van der Waals surface area contributed by atoms with Gasteiger partial charge in [-0.1, -0.05) is 19.8 Å². The van der Waals surface area contributed by atoms with E-state index in [4.69, 9.17) is 14.6 Å². The molecule has 4 N–H and O–H groups in total. The first-order valence-corrected chi connectivity index (χ1v) is 6.04. The lowest BCUT2D eigenvalue weighted by atomic mass is 9.99. The van der Waals surface area contributed by atoms with Crippen molar-refractivity contribution in [1.29, 1.82) is 0 Å². The van der Waals surface area contributed by atoms with Gasteiger partial charge in [0.25, 0.3) is 0 Å². The molecule has 0 unspecified atom stereocenters. The minimum Gasteiger partial charge on any atom is -0.394 e. The zero-order chi connectivity index (χ0) is 12.8. The molecule has 0 aliphatic carbocycles. The molecule has 1 fully saturated rings. The van der Waals surface area contributed by atoms with E-state index in [1.54, 1.807) is 0 Å². The molecule has 0 amide bonds. The average molecular weight is 250 g/mol. The van der Waals surface area contributed by atoms with Crippen LogP contribution in [-0.4, -0.2) is 64.3 Å². The van der Waals surface area contributed by atoms with Gasteiger partial charge in [0.15, 0.2) is 6.29 Å². The minimum atomic E-state index is -1.36. The lowest BCUT2D eigenvalue weighted by Gasteiger charge is -2.39. The summed E-state index contributed by atoms with van der Waals surface area (Å²) in [5, 5.41) is 37.6. The molecule has 6 nitrogen and oxygen atoms in total. The van der Waals surface area contributed by atoms with Crippen LogP contribution in [0.5, 0.6) is 0 Å². The van der Waals surface area contributed by atoms with Gasteiger partial charge < -0.3 is 29.9 Å². The second kappa shape index (κ2) is 7.25. The Bertz CT molecular complexity index is 210. The third-order valence-electron chi connectivity index (χ3n) is 2.88. The van der Waals surface area contributed by atoms with Gasteiger partial charge in [-0.15, -0.1) is 0 Å². The van der Waals surface area contributed by atoms with E-state index in [2.05, 4.69) is 6.92 Å². The molecular formula is C11H22O6. The highest BCUT2D eigenvalue weighted by Crippen LogP contribution is 2.22. The Morgan fingerprint density at radius 3 is 2.35 bits per heavy atom. The molecule has 6 heteroatoms. The molecule has 0 spiro atoms. The summed E-state index contributed by atoms with van der Waals surface area (Å²) < 4.78 is 10.5. The highest BCUT2D eigenvalue weighted by Gasteiger charge is 2.43. The molecule has 102 valence electrons.